The average molecular weight is 405 g/mol. The van der Waals surface area contributed by atoms with Gasteiger partial charge in [0.15, 0.2) is 11.5 Å². The van der Waals surface area contributed by atoms with Crippen LogP contribution in [0.4, 0.5) is 0 Å². The Kier molecular flexibility index (Phi) is 5.83. The lowest BCUT2D eigenvalue weighted by Gasteiger charge is -2.13. The first-order valence-corrected chi connectivity index (χ1v) is 8.80. The summed E-state index contributed by atoms with van der Waals surface area (Å²) in [6, 6.07) is 9.75. The summed E-state index contributed by atoms with van der Waals surface area (Å²) >= 11 is 0. The molecule has 1 heterocycles. The molecule has 0 unspecified atom stereocenters. The SMILES string of the molecule is C=COC(=C)c1cccc(C(=O)c2ncc(C(=O)O)c3cc(OC)c(OC)cc23)c1. The molecular formula is C23H19NO6. The van der Waals surface area contributed by atoms with Crippen molar-refractivity contribution in [3.05, 3.63) is 84.4 Å². The van der Waals surface area contributed by atoms with Gasteiger partial charge in [-0.25, -0.2) is 4.79 Å². The summed E-state index contributed by atoms with van der Waals surface area (Å²) in [6.45, 7) is 7.28. The molecule has 0 amide bonds. The van der Waals surface area contributed by atoms with Crippen molar-refractivity contribution in [2.45, 2.75) is 0 Å². The maximum Gasteiger partial charge on any atom is 0.337 e. The monoisotopic (exact) mass is 405 g/mol. The minimum Gasteiger partial charge on any atom is -0.493 e. The van der Waals surface area contributed by atoms with E-state index in [-0.39, 0.29) is 11.3 Å². The van der Waals surface area contributed by atoms with Crippen LogP contribution < -0.4 is 9.47 Å². The van der Waals surface area contributed by atoms with Crippen molar-refractivity contribution in [2.24, 2.45) is 0 Å². The van der Waals surface area contributed by atoms with Crippen molar-refractivity contribution in [1.82, 2.24) is 4.98 Å². The number of ketones is 1. The molecular weight excluding hydrogens is 386 g/mol. The summed E-state index contributed by atoms with van der Waals surface area (Å²) in [5.41, 5.74) is 0.979. The molecule has 3 aromatic rings. The van der Waals surface area contributed by atoms with Gasteiger partial charge < -0.3 is 19.3 Å². The number of ether oxygens (including phenoxy) is 3. The maximum atomic E-state index is 13.3. The maximum absolute atomic E-state index is 13.3. The lowest BCUT2D eigenvalue weighted by molar-refractivity contribution is 0.0698. The van der Waals surface area contributed by atoms with Crippen molar-refractivity contribution in [3.63, 3.8) is 0 Å². The third-order valence-electron chi connectivity index (χ3n) is 4.51. The second-order valence-corrected chi connectivity index (χ2v) is 6.20. The number of nitrogens with zero attached hydrogens (tertiary/aromatic N) is 1. The van der Waals surface area contributed by atoms with E-state index >= 15 is 0 Å². The van der Waals surface area contributed by atoms with Gasteiger partial charge in [-0.1, -0.05) is 31.4 Å². The van der Waals surface area contributed by atoms with Crippen molar-refractivity contribution in [3.8, 4) is 11.5 Å². The highest BCUT2D eigenvalue weighted by molar-refractivity contribution is 6.18. The number of aromatic carboxylic acids is 1. The molecule has 152 valence electrons. The number of methoxy groups -OCH3 is 2. The molecule has 1 N–H and O–H groups in total. The number of fused-ring (bicyclic) bond motifs is 1. The van der Waals surface area contributed by atoms with Crippen LogP contribution in [0.2, 0.25) is 0 Å². The third-order valence-corrected chi connectivity index (χ3v) is 4.51. The van der Waals surface area contributed by atoms with Crippen molar-refractivity contribution < 1.29 is 28.9 Å². The van der Waals surface area contributed by atoms with Crippen LogP contribution in [0.25, 0.3) is 16.5 Å². The highest BCUT2D eigenvalue weighted by Crippen LogP contribution is 2.35. The first-order chi connectivity index (χ1) is 14.4. The minimum atomic E-state index is -1.17. The second-order valence-electron chi connectivity index (χ2n) is 6.20. The number of hydrogen-bond acceptors (Lipinski definition) is 6. The van der Waals surface area contributed by atoms with Gasteiger partial charge in [0, 0.05) is 28.1 Å². The van der Waals surface area contributed by atoms with Crippen LogP contribution in [-0.4, -0.2) is 36.1 Å². The van der Waals surface area contributed by atoms with Crippen LogP contribution in [-0.2, 0) is 4.74 Å². The Morgan fingerprint density at radius 1 is 1.03 bits per heavy atom. The molecule has 0 aliphatic rings. The molecule has 0 saturated heterocycles. The fourth-order valence-electron chi connectivity index (χ4n) is 3.06. The number of hydrogen-bond donors (Lipinski definition) is 1. The lowest BCUT2D eigenvalue weighted by Crippen LogP contribution is -2.09. The summed E-state index contributed by atoms with van der Waals surface area (Å²) in [7, 11) is 2.90. The van der Waals surface area contributed by atoms with E-state index in [1.807, 2.05) is 0 Å². The summed E-state index contributed by atoms with van der Waals surface area (Å²) in [6.07, 6.45) is 2.41. The zero-order valence-electron chi connectivity index (χ0n) is 16.5. The van der Waals surface area contributed by atoms with Gasteiger partial charge in [0.1, 0.15) is 11.5 Å². The summed E-state index contributed by atoms with van der Waals surface area (Å²) in [5.74, 6) is -0.525. The average Bonchev–Trinajstić information content (AvgIpc) is 2.76. The topological polar surface area (TPSA) is 95.0 Å². The number of carbonyl (C=O) groups is 2. The molecule has 0 spiro atoms. The molecule has 0 aliphatic heterocycles. The van der Waals surface area contributed by atoms with E-state index in [9.17, 15) is 14.7 Å². The molecule has 2 aromatic carbocycles. The zero-order chi connectivity index (χ0) is 21.8. The van der Waals surface area contributed by atoms with Gasteiger partial charge in [0.2, 0.25) is 5.78 Å². The smallest absolute Gasteiger partial charge is 0.337 e. The zero-order valence-corrected chi connectivity index (χ0v) is 16.5. The molecule has 0 fully saturated rings. The minimum absolute atomic E-state index is 0.0518. The first kappa shape index (κ1) is 20.6. The van der Waals surface area contributed by atoms with E-state index < -0.39 is 11.8 Å². The van der Waals surface area contributed by atoms with Gasteiger partial charge in [0.25, 0.3) is 0 Å². The standard InChI is InChI=1S/C23H19NO6/c1-5-30-13(2)14-7-6-8-15(9-14)22(25)21-17-11-20(29-4)19(28-3)10-16(17)18(12-24-21)23(26)27/h5-12H,1-2H2,3-4H3,(H,26,27). The molecule has 0 aliphatic carbocycles. The van der Waals surface area contributed by atoms with Gasteiger partial charge in [-0.05, 0) is 18.2 Å². The predicted molar refractivity (Wildman–Crippen MR) is 112 cm³/mol. The number of aromatic nitrogens is 1. The third kappa shape index (κ3) is 3.73. The normalized spacial score (nSPS) is 10.3. The first-order valence-electron chi connectivity index (χ1n) is 8.80. The van der Waals surface area contributed by atoms with Crippen LogP contribution in [0.1, 0.15) is 32.0 Å². The second kappa shape index (κ2) is 8.48. The Bertz CT molecular complexity index is 1180. The molecule has 0 atom stereocenters. The molecule has 0 saturated carbocycles. The number of carboxylic acids is 1. The quantitative estimate of drug-likeness (QED) is 0.441. The number of carboxylic acid groups (broad SMARTS) is 1. The van der Waals surface area contributed by atoms with Crippen LogP contribution in [0, 0.1) is 0 Å². The van der Waals surface area contributed by atoms with Gasteiger partial charge in [0.05, 0.1) is 26.0 Å². The van der Waals surface area contributed by atoms with Crippen molar-refractivity contribution in [2.75, 3.05) is 14.2 Å². The highest BCUT2D eigenvalue weighted by atomic mass is 16.5. The van der Waals surface area contributed by atoms with Crippen LogP contribution >= 0.6 is 0 Å². The lowest BCUT2D eigenvalue weighted by atomic mass is 9.98. The van der Waals surface area contributed by atoms with Crippen LogP contribution in [0.5, 0.6) is 11.5 Å². The highest BCUT2D eigenvalue weighted by Gasteiger charge is 2.21. The fraction of sp³-hybridized carbons (Fsp3) is 0.0870. The van der Waals surface area contributed by atoms with E-state index in [1.54, 1.807) is 30.3 Å². The molecule has 7 heteroatoms. The van der Waals surface area contributed by atoms with E-state index in [4.69, 9.17) is 14.2 Å². The van der Waals surface area contributed by atoms with E-state index in [1.165, 1.54) is 26.5 Å². The summed E-state index contributed by atoms with van der Waals surface area (Å²) < 4.78 is 15.8. The number of pyridine rings is 1. The largest absolute Gasteiger partial charge is 0.493 e. The van der Waals surface area contributed by atoms with E-state index in [0.29, 0.717) is 39.2 Å². The van der Waals surface area contributed by atoms with Gasteiger partial charge >= 0.3 is 5.97 Å². The van der Waals surface area contributed by atoms with Crippen LogP contribution in [0.3, 0.4) is 0 Å². The summed E-state index contributed by atoms with van der Waals surface area (Å²) in [4.78, 5) is 29.1. The molecule has 0 radical (unpaired) electrons. The van der Waals surface area contributed by atoms with Crippen molar-refractivity contribution in [1.29, 1.82) is 0 Å². The molecule has 30 heavy (non-hydrogen) atoms. The van der Waals surface area contributed by atoms with Crippen LogP contribution in [0.15, 0.2) is 62.0 Å². The predicted octanol–water partition coefficient (Wildman–Crippen LogP) is 4.31. The number of carbonyl (C=O) groups excluding carboxylic acids is 1. The molecule has 1 aromatic heterocycles. The Morgan fingerprint density at radius 2 is 1.67 bits per heavy atom. The van der Waals surface area contributed by atoms with E-state index in [0.717, 1.165) is 6.20 Å². The number of rotatable bonds is 8. The van der Waals surface area contributed by atoms with Gasteiger partial charge in [-0.15, -0.1) is 0 Å². The summed E-state index contributed by atoms with van der Waals surface area (Å²) in [5, 5.41) is 10.2. The Morgan fingerprint density at radius 3 is 2.27 bits per heavy atom. The Labute approximate surface area is 172 Å². The van der Waals surface area contributed by atoms with Gasteiger partial charge in [-0.2, -0.15) is 0 Å². The molecule has 0 bridgehead atoms. The Hall–Kier alpha value is -4.13. The van der Waals surface area contributed by atoms with Crippen molar-refractivity contribution >= 4 is 28.3 Å². The Balaban J connectivity index is 2.21. The number of benzene rings is 2. The van der Waals surface area contributed by atoms with E-state index in [2.05, 4.69) is 18.1 Å². The fourth-order valence-corrected chi connectivity index (χ4v) is 3.06. The van der Waals surface area contributed by atoms with Gasteiger partial charge in [-0.3, -0.25) is 9.78 Å². The molecule has 3 rings (SSSR count). The molecule has 7 nitrogen and oxygen atoms in total.